The number of aryl methyl sites for hydroxylation is 1. The van der Waals surface area contributed by atoms with E-state index in [0.29, 0.717) is 19.4 Å². The third kappa shape index (κ3) is 5.78. The maximum Gasteiger partial charge on any atom is 0.429 e. The van der Waals surface area contributed by atoms with Crippen molar-refractivity contribution in [1.82, 2.24) is 10.4 Å². The summed E-state index contributed by atoms with van der Waals surface area (Å²) in [5, 5.41) is 3.54. The standard InChI is InChI=1S/C20H26N2O3/c1-5-22(19(24)25-20(2,3)4)21-18(23)13-11-15-10-12-16-8-6-7-9-17(16)14-15/h6-10,12,14H,5,11,13H2,1-4H3,(H,21,23). The van der Waals surface area contributed by atoms with Crippen LogP contribution in [0.3, 0.4) is 0 Å². The van der Waals surface area contributed by atoms with Crippen LogP contribution in [0.25, 0.3) is 10.8 Å². The highest BCUT2D eigenvalue weighted by atomic mass is 16.6. The summed E-state index contributed by atoms with van der Waals surface area (Å²) in [7, 11) is 0. The Morgan fingerprint density at radius 1 is 1.08 bits per heavy atom. The molecule has 0 aliphatic rings. The van der Waals surface area contributed by atoms with E-state index in [2.05, 4.69) is 29.7 Å². The first-order valence-electron chi connectivity index (χ1n) is 8.56. The average Bonchev–Trinajstić information content (AvgIpc) is 2.56. The van der Waals surface area contributed by atoms with Crippen LogP contribution in [0, 0.1) is 0 Å². The summed E-state index contributed by atoms with van der Waals surface area (Å²) >= 11 is 0. The molecule has 5 heteroatoms. The number of carbonyl (C=O) groups excluding carboxylic acids is 2. The highest BCUT2D eigenvalue weighted by Gasteiger charge is 2.22. The Kier molecular flexibility index (Phi) is 6.02. The molecule has 0 bridgehead atoms. The summed E-state index contributed by atoms with van der Waals surface area (Å²) in [5.74, 6) is -0.208. The Morgan fingerprint density at radius 3 is 2.40 bits per heavy atom. The van der Waals surface area contributed by atoms with Gasteiger partial charge in [0, 0.05) is 13.0 Å². The summed E-state index contributed by atoms with van der Waals surface area (Å²) in [4.78, 5) is 24.2. The maximum atomic E-state index is 12.2. The minimum Gasteiger partial charge on any atom is -0.442 e. The van der Waals surface area contributed by atoms with Crippen LogP contribution in [0.4, 0.5) is 4.79 Å². The Bertz CT molecular complexity index is 750. The van der Waals surface area contributed by atoms with E-state index in [1.807, 2.05) is 18.2 Å². The van der Waals surface area contributed by atoms with Gasteiger partial charge in [-0.2, -0.15) is 0 Å². The molecular weight excluding hydrogens is 316 g/mol. The van der Waals surface area contributed by atoms with Crippen molar-refractivity contribution in [3.05, 3.63) is 48.0 Å². The van der Waals surface area contributed by atoms with Gasteiger partial charge in [0.15, 0.2) is 0 Å². The van der Waals surface area contributed by atoms with Crippen molar-refractivity contribution < 1.29 is 14.3 Å². The lowest BCUT2D eigenvalue weighted by atomic mass is 10.0. The van der Waals surface area contributed by atoms with E-state index in [9.17, 15) is 9.59 Å². The molecule has 0 aliphatic carbocycles. The van der Waals surface area contributed by atoms with Crippen molar-refractivity contribution in [1.29, 1.82) is 0 Å². The molecule has 0 saturated carbocycles. The van der Waals surface area contributed by atoms with Gasteiger partial charge in [-0.3, -0.25) is 10.2 Å². The molecule has 0 fully saturated rings. The Labute approximate surface area is 148 Å². The van der Waals surface area contributed by atoms with Crippen molar-refractivity contribution in [2.45, 2.75) is 46.1 Å². The number of hydrogen-bond donors (Lipinski definition) is 1. The van der Waals surface area contributed by atoms with Gasteiger partial charge in [-0.1, -0.05) is 42.5 Å². The fourth-order valence-electron chi connectivity index (χ4n) is 2.43. The highest BCUT2D eigenvalue weighted by Crippen LogP contribution is 2.16. The van der Waals surface area contributed by atoms with Crippen LogP contribution in [0.1, 0.15) is 39.7 Å². The van der Waals surface area contributed by atoms with E-state index in [0.717, 1.165) is 10.9 Å². The van der Waals surface area contributed by atoms with Crippen LogP contribution in [0.5, 0.6) is 0 Å². The lowest BCUT2D eigenvalue weighted by Gasteiger charge is -2.26. The van der Waals surface area contributed by atoms with Gasteiger partial charge in [0.25, 0.3) is 0 Å². The molecule has 2 amide bonds. The number of nitrogens with zero attached hydrogens (tertiary/aromatic N) is 1. The zero-order chi connectivity index (χ0) is 18.4. The van der Waals surface area contributed by atoms with Crippen LogP contribution < -0.4 is 5.43 Å². The molecule has 0 radical (unpaired) electrons. The van der Waals surface area contributed by atoms with Gasteiger partial charge >= 0.3 is 6.09 Å². The van der Waals surface area contributed by atoms with Crippen molar-refractivity contribution in [2.75, 3.05) is 6.54 Å². The number of benzene rings is 2. The number of fused-ring (bicyclic) bond motifs is 1. The predicted octanol–water partition coefficient (Wildman–Crippen LogP) is 4.06. The van der Waals surface area contributed by atoms with E-state index in [1.54, 1.807) is 27.7 Å². The minimum absolute atomic E-state index is 0.208. The SMILES string of the molecule is CCN(NC(=O)CCc1ccc2ccccc2c1)C(=O)OC(C)(C)C. The summed E-state index contributed by atoms with van der Waals surface area (Å²) in [6.45, 7) is 7.50. The number of nitrogens with one attached hydrogen (secondary N) is 1. The molecule has 134 valence electrons. The number of amides is 2. The normalized spacial score (nSPS) is 11.2. The van der Waals surface area contributed by atoms with E-state index in [1.165, 1.54) is 10.4 Å². The fourth-order valence-corrected chi connectivity index (χ4v) is 2.43. The molecule has 2 aromatic carbocycles. The molecular formula is C20H26N2O3. The zero-order valence-corrected chi connectivity index (χ0v) is 15.3. The van der Waals surface area contributed by atoms with Crippen molar-refractivity contribution in [2.24, 2.45) is 0 Å². The first-order chi connectivity index (χ1) is 11.8. The van der Waals surface area contributed by atoms with E-state index >= 15 is 0 Å². The maximum absolute atomic E-state index is 12.2. The van der Waals surface area contributed by atoms with Gasteiger partial charge in [0.2, 0.25) is 5.91 Å². The summed E-state index contributed by atoms with van der Waals surface area (Å²) in [6, 6.07) is 14.3. The van der Waals surface area contributed by atoms with Gasteiger partial charge in [-0.05, 0) is 50.5 Å². The van der Waals surface area contributed by atoms with E-state index in [4.69, 9.17) is 4.74 Å². The quantitative estimate of drug-likeness (QED) is 0.853. The van der Waals surface area contributed by atoms with Crippen LogP contribution in [0.15, 0.2) is 42.5 Å². The van der Waals surface area contributed by atoms with Crippen LogP contribution in [0.2, 0.25) is 0 Å². The number of ether oxygens (including phenoxy) is 1. The minimum atomic E-state index is -0.597. The number of hydrogen-bond acceptors (Lipinski definition) is 3. The first-order valence-corrected chi connectivity index (χ1v) is 8.56. The predicted molar refractivity (Wildman–Crippen MR) is 99.0 cm³/mol. The largest absolute Gasteiger partial charge is 0.442 e. The summed E-state index contributed by atoms with van der Waals surface area (Å²) < 4.78 is 5.27. The summed E-state index contributed by atoms with van der Waals surface area (Å²) in [5.41, 5.74) is 3.11. The Morgan fingerprint density at radius 2 is 1.76 bits per heavy atom. The molecule has 0 spiro atoms. The van der Waals surface area contributed by atoms with Crippen LogP contribution in [-0.4, -0.2) is 29.2 Å². The van der Waals surface area contributed by atoms with Crippen molar-refractivity contribution in [3.8, 4) is 0 Å². The highest BCUT2D eigenvalue weighted by molar-refractivity contribution is 5.83. The van der Waals surface area contributed by atoms with Gasteiger partial charge in [0.1, 0.15) is 5.60 Å². The lowest BCUT2D eigenvalue weighted by molar-refractivity contribution is -0.125. The molecule has 5 nitrogen and oxygen atoms in total. The molecule has 1 N–H and O–H groups in total. The second kappa shape index (κ2) is 8.01. The van der Waals surface area contributed by atoms with E-state index in [-0.39, 0.29) is 5.91 Å². The van der Waals surface area contributed by atoms with Crippen molar-refractivity contribution in [3.63, 3.8) is 0 Å². The van der Waals surface area contributed by atoms with Crippen LogP contribution in [-0.2, 0) is 16.0 Å². The third-order valence-electron chi connectivity index (χ3n) is 3.64. The second-order valence-electron chi connectivity index (χ2n) is 6.94. The molecule has 0 heterocycles. The second-order valence-corrected chi connectivity index (χ2v) is 6.94. The van der Waals surface area contributed by atoms with Gasteiger partial charge in [-0.25, -0.2) is 9.80 Å². The lowest BCUT2D eigenvalue weighted by Crippen LogP contribution is -2.48. The summed E-state index contributed by atoms with van der Waals surface area (Å²) in [6.07, 6.45) is 0.370. The molecule has 0 aliphatic heterocycles. The molecule has 0 aromatic heterocycles. The topological polar surface area (TPSA) is 58.6 Å². The fraction of sp³-hybridized carbons (Fsp3) is 0.400. The molecule has 25 heavy (non-hydrogen) atoms. The zero-order valence-electron chi connectivity index (χ0n) is 15.3. The van der Waals surface area contributed by atoms with Crippen LogP contribution >= 0.6 is 0 Å². The molecule has 2 aromatic rings. The van der Waals surface area contributed by atoms with Gasteiger partial charge in [-0.15, -0.1) is 0 Å². The molecule has 0 unspecified atom stereocenters. The first kappa shape index (κ1) is 18.8. The Hall–Kier alpha value is -2.56. The van der Waals surface area contributed by atoms with Gasteiger partial charge in [0.05, 0.1) is 0 Å². The molecule has 2 rings (SSSR count). The smallest absolute Gasteiger partial charge is 0.429 e. The molecule has 0 saturated heterocycles. The average molecular weight is 342 g/mol. The monoisotopic (exact) mass is 342 g/mol. The third-order valence-corrected chi connectivity index (χ3v) is 3.64. The Balaban J connectivity index is 1.90. The van der Waals surface area contributed by atoms with Gasteiger partial charge < -0.3 is 4.74 Å². The number of carbonyl (C=O) groups is 2. The number of hydrazine groups is 1. The number of rotatable bonds is 4. The van der Waals surface area contributed by atoms with Crippen molar-refractivity contribution >= 4 is 22.8 Å². The molecule has 0 atom stereocenters. The van der Waals surface area contributed by atoms with E-state index < -0.39 is 11.7 Å².